The summed E-state index contributed by atoms with van der Waals surface area (Å²) in [6, 6.07) is 17.6. The van der Waals surface area contributed by atoms with Gasteiger partial charge in [-0.2, -0.15) is 5.26 Å². The Morgan fingerprint density at radius 3 is 2.51 bits per heavy atom. The quantitative estimate of drug-likeness (QED) is 0.304. The number of para-hydroxylation sites is 2. The summed E-state index contributed by atoms with van der Waals surface area (Å²) in [5.74, 6) is -0.186. The van der Waals surface area contributed by atoms with Crippen LogP contribution in [-0.4, -0.2) is 31.8 Å². The lowest BCUT2D eigenvalue weighted by molar-refractivity contribution is -0.114. The summed E-state index contributed by atoms with van der Waals surface area (Å²) in [5.41, 5.74) is 1.99. The van der Waals surface area contributed by atoms with E-state index < -0.39 is 11.8 Å². The Hall–Kier alpha value is -4.33. The van der Waals surface area contributed by atoms with E-state index in [0.29, 0.717) is 50.0 Å². The maximum atomic E-state index is 13.5. The highest BCUT2D eigenvalue weighted by Crippen LogP contribution is 2.41. The van der Waals surface area contributed by atoms with Crippen LogP contribution in [0.3, 0.4) is 0 Å². The van der Waals surface area contributed by atoms with Crippen LogP contribution < -0.4 is 25.4 Å². The lowest BCUT2D eigenvalue weighted by Gasteiger charge is -2.28. The Kier molecular flexibility index (Phi) is 8.86. The van der Waals surface area contributed by atoms with Crippen molar-refractivity contribution in [2.45, 2.75) is 12.8 Å². The fraction of sp³-hybridized carbons (Fsp3) is 0.179. The van der Waals surface area contributed by atoms with Crippen LogP contribution in [0.15, 0.2) is 87.1 Å². The Balaban J connectivity index is 1.59. The van der Waals surface area contributed by atoms with E-state index in [1.165, 1.54) is 20.5 Å². The van der Waals surface area contributed by atoms with Gasteiger partial charge in [0, 0.05) is 10.7 Å². The van der Waals surface area contributed by atoms with Gasteiger partial charge in [0.25, 0.3) is 5.91 Å². The van der Waals surface area contributed by atoms with Crippen molar-refractivity contribution in [3.8, 4) is 17.6 Å². The predicted molar refractivity (Wildman–Crippen MR) is 151 cm³/mol. The molecule has 0 saturated heterocycles. The standard InChI is InChI=1S/C28H25ClN4O5S/c1-16-25(27(35)33-19-7-4-5-8-21(19)36-2)26(23-9-6-12-38-23)18(14-30)28(31-16)39-15-24(34)32-20-13-17(29)10-11-22(20)37-3/h4-13,26,31H,15H2,1-3H3,(H,32,34)(H,33,35)/t26-/m1/s1. The second kappa shape index (κ2) is 12.5. The normalized spacial score (nSPS) is 14.8. The molecule has 4 rings (SSSR count). The number of benzene rings is 2. The maximum absolute atomic E-state index is 13.5. The van der Waals surface area contributed by atoms with Crippen LogP contribution in [0.1, 0.15) is 18.6 Å². The van der Waals surface area contributed by atoms with Crippen LogP contribution >= 0.6 is 23.4 Å². The molecule has 0 bridgehead atoms. The Morgan fingerprint density at radius 2 is 1.82 bits per heavy atom. The Morgan fingerprint density at radius 1 is 1.08 bits per heavy atom. The number of ether oxygens (including phenoxy) is 2. The highest BCUT2D eigenvalue weighted by atomic mass is 35.5. The minimum absolute atomic E-state index is 0.0237. The van der Waals surface area contributed by atoms with Gasteiger partial charge in [-0.15, -0.1) is 0 Å². The molecule has 9 nitrogen and oxygen atoms in total. The van der Waals surface area contributed by atoms with Gasteiger partial charge in [-0.25, -0.2) is 0 Å². The van der Waals surface area contributed by atoms with Crippen LogP contribution in [0.5, 0.6) is 11.5 Å². The monoisotopic (exact) mass is 564 g/mol. The number of nitriles is 1. The highest BCUT2D eigenvalue weighted by molar-refractivity contribution is 8.03. The Labute approximate surface area is 234 Å². The number of allylic oxidation sites excluding steroid dienone is 2. The van der Waals surface area contributed by atoms with E-state index in [2.05, 4.69) is 22.0 Å². The fourth-order valence-corrected chi connectivity index (χ4v) is 5.17. The number of anilines is 2. The van der Waals surface area contributed by atoms with E-state index in [4.69, 9.17) is 25.5 Å². The summed E-state index contributed by atoms with van der Waals surface area (Å²) in [5, 5.41) is 19.9. The number of nitrogens with one attached hydrogen (secondary N) is 3. The van der Waals surface area contributed by atoms with Crippen LogP contribution in [0, 0.1) is 11.3 Å². The zero-order valence-electron chi connectivity index (χ0n) is 21.3. The molecule has 1 aromatic heterocycles. The third kappa shape index (κ3) is 6.22. The first-order valence-corrected chi connectivity index (χ1v) is 13.1. The number of hydrogen-bond acceptors (Lipinski definition) is 8. The number of methoxy groups -OCH3 is 2. The molecule has 1 atom stereocenters. The number of hydrogen-bond donors (Lipinski definition) is 3. The lowest BCUT2D eigenvalue weighted by atomic mass is 9.85. The molecule has 0 unspecified atom stereocenters. The first-order chi connectivity index (χ1) is 18.9. The molecule has 0 radical (unpaired) electrons. The van der Waals surface area contributed by atoms with Gasteiger partial charge in [0.15, 0.2) is 0 Å². The van der Waals surface area contributed by atoms with Crippen molar-refractivity contribution in [2.75, 3.05) is 30.6 Å². The van der Waals surface area contributed by atoms with Gasteiger partial charge in [0.2, 0.25) is 5.91 Å². The summed E-state index contributed by atoms with van der Waals surface area (Å²) in [6.45, 7) is 1.73. The van der Waals surface area contributed by atoms with Crippen LogP contribution in [0.2, 0.25) is 5.02 Å². The van der Waals surface area contributed by atoms with Crippen molar-refractivity contribution in [3.63, 3.8) is 0 Å². The van der Waals surface area contributed by atoms with Crippen molar-refractivity contribution in [1.29, 1.82) is 5.26 Å². The number of furan rings is 1. The van der Waals surface area contributed by atoms with Crippen molar-refractivity contribution in [2.24, 2.45) is 0 Å². The molecule has 2 amide bonds. The first kappa shape index (κ1) is 27.7. The number of thioether (sulfide) groups is 1. The van der Waals surface area contributed by atoms with E-state index >= 15 is 0 Å². The van der Waals surface area contributed by atoms with Gasteiger partial charge in [-0.3, -0.25) is 9.59 Å². The highest BCUT2D eigenvalue weighted by Gasteiger charge is 2.36. The maximum Gasteiger partial charge on any atom is 0.254 e. The van der Waals surface area contributed by atoms with E-state index in [1.807, 2.05) is 0 Å². The summed E-state index contributed by atoms with van der Waals surface area (Å²) in [7, 11) is 3.01. The number of nitrogens with zero attached hydrogens (tertiary/aromatic N) is 1. The largest absolute Gasteiger partial charge is 0.495 e. The Bertz CT molecular complexity index is 1490. The first-order valence-electron chi connectivity index (χ1n) is 11.7. The molecule has 1 aliphatic heterocycles. The van der Waals surface area contributed by atoms with Crippen LogP contribution in [0.25, 0.3) is 0 Å². The van der Waals surface area contributed by atoms with Gasteiger partial charge < -0.3 is 29.8 Å². The number of carbonyl (C=O) groups is 2. The van der Waals surface area contributed by atoms with Crippen molar-refractivity contribution in [3.05, 3.63) is 93.5 Å². The molecule has 1 aliphatic rings. The van der Waals surface area contributed by atoms with E-state index in [-0.39, 0.29) is 17.2 Å². The van der Waals surface area contributed by atoms with Gasteiger partial charge in [-0.1, -0.05) is 35.5 Å². The third-order valence-electron chi connectivity index (χ3n) is 5.86. The molecule has 0 aliphatic carbocycles. The molecule has 3 aromatic rings. The average molecular weight is 565 g/mol. The molecule has 11 heteroatoms. The number of halogens is 1. The molecule has 2 heterocycles. The van der Waals surface area contributed by atoms with Crippen molar-refractivity contribution in [1.82, 2.24) is 5.32 Å². The van der Waals surface area contributed by atoms with Crippen LogP contribution in [-0.2, 0) is 9.59 Å². The molecule has 2 aromatic carbocycles. The van der Waals surface area contributed by atoms with Crippen molar-refractivity contribution >= 4 is 46.6 Å². The number of amides is 2. The van der Waals surface area contributed by atoms with Gasteiger partial charge >= 0.3 is 0 Å². The predicted octanol–water partition coefficient (Wildman–Crippen LogP) is 5.66. The number of dihydropyridines is 1. The van der Waals surface area contributed by atoms with Gasteiger partial charge in [-0.05, 0) is 49.4 Å². The molecule has 200 valence electrons. The SMILES string of the molecule is COc1ccc(Cl)cc1NC(=O)CSC1=C(C#N)[C@H](c2ccco2)C(C(=O)Nc2ccccc2OC)=C(C)N1. The summed E-state index contributed by atoms with van der Waals surface area (Å²) in [6.07, 6.45) is 1.48. The molecule has 0 saturated carbocycles. The number of rotatable bonds is 9. The topological polar surface area (TPSA) is 126 Å². The van der Waals surface area contributed by atoms with E-state index in [1.54, 1.807) is 61.5 Å². The minimum Gasteiger partial charge on any atom is -0.495 e. The summed E-state index contributed by atoms with van der Waals surface area (Å²) < 4.78 is 16.3. The molecular formula is C28H25ClN4O5S. The molecular weight excluding hydrogens is 540 g/mol. The smallest absolute Gasteiger partial charge is 0.254 e. The second-order valence-corrected chi connectivity index (χ2v) is 9.72. The zero-order valence-corrected chi connectivity index (χ0v) is 22.9. The third-order valence-corrected chi connectivity index (χ3v) is 7.11. The van der Waals surface area contributed by atoms with Gasteiger partial charge in [0.05, 0.1) is 65.8 Å². The summed E-state index contributed by atoms with van der Waals surface area (Å²) >= 11 is 7.20. The van der Waals surface area contributed by atoms with Gasteiger partial charge in [0.1, 0.15) is 17.3 Å². The van der Waals surface area contributed by atoms with Crippen molar-refractivity contribution < 1.29 is 23.5 Å². The molecule has 39 heavy (non-hydrogen) atoms. The van der Waals surface area contributed by atoms with Crippen LogP contribution in [0.4, 0.5) is 11.4 Å². The zero-order chi connectivity index (χ0) is 27.9. The molecule has 3 N–H and O–H groups in total. The fourth-order valence-electron chi connectivity index (χ4n) is 4.11. The minimum atomic E-state index is -0.792. The second-order valence-electron chi connectivity index (χ2n) is 8.30. The molecule has 0 spiro atoms. The average Bonchev–Trinajstić information content (AvgIpc) is 3.46. The summed E-state index contributed by atoms with van der Waals surface area (Å²) in [4.78, 5) is 26.3. The lowest BCUT2D eigenvalue weighted by Crippen LogP contribution is -2.31. The van der Waals surface area contributed by atoms with E-state index in [0.717, 1.165) is 11.8 Å². The van der Waals surface area contributed by atoms with E-state index in [9.17, 15) is 14.9 Å². The number of carbonyl (C=O) groups excluding carboxylic acids is 2. The molecule has 0 fully saturated rings.